The van der Waals surface area contributed by atoms with E-state index in [1.807, 2.05) is 6.92 Å². The molecular weight excluding hydrogens is 236 g/mol. The standard InChI is InChI=1S/C15H26N4/c1-6-7-16-14-12(4)15(18-13(5)17-14)19-8-10(2)11(3)9-19/h10-11H,6-9H2,1-5H3,(H,16,17,18). The van der Waals surface area contributed by atoms with Crippen molar-refractivity contribution in [3.8, 4) is 0 Å². The fraction of sp³-hybridized carbons (Fsp3) is 0.733. The Morgan fingerprint density at radius 3 is 2.37 bits per heavy atom. The molecule has 19 heavy (non-hydrogen) atoms. The van der Waals surface area contributed by atoms with Gasteiger partial charge in [-0.25, -0.2) is 9.97 Å². The molecule has 2 rings (SSSR count). The molecule has 1 saturated heterocycles. The third kappa shape index (κ3) is 2.99. The first-order chi connectivity index (χ1) is 9.02. The van der Waals surface area contributed by atoms with E-state index in [9.17, 15) is 0 Å². The number of hydrogen-bond acceptors (Lipinski definition) is 4. The molecule has 4 heteroatoms. The van der Waals surface area contributed by atoms with Gasteiger partial charge in [0.25, 0.3) is 0 Å². The lowest BCUT2D eigenvalue weighted by Gasteiger charge is -2.21. The van der Waals surface area contributed by atoms with Crippen molar-refractivity contribution in [3.05, 3.63) is 11.4 Å². The maximum Gasteiger partial charge on any atom is 0.137 e. The summed E-state index contributed by atoms with van der Waals surface area (Å²) >= 11 is 0. The van der Waals surface area contributed by atoms with Gasteiger partial charge in [0.05, 0.1) is 0 Å². The van der Waals surface area contributed by atoms with Crippen molar-refractivity contribution >= 4 is 11.6 Å². The maximum absolute atomic E-state index is 4.67. The molecule has 0 aliphatic carbocycles. The van der Waals surface area contributed by atoms with Crippen LogP contribution in [-0.4, -0.2) is 29.6 Å². The molecule has 0 spiro atoms. The molecule has 1 fully saturated rings. The Hall–Kier alpha value is -1.32. The largest absolute Gasteiger partial charge is 0.370 e. The molecule has 1 aromatic rings. The molecule has 1 aliphatic heterocycles. The lowest BCUT2D eigenvalue weighted by atomic mass is 10.0. The van der Waals surface area contributed by atoms with E-state index in [1.165, 1.54) is 5.56 Å². The first-order valence-electron chi connectivity index (χ1n) is 7.37. The van der Waals surface area contributed by atoms with Gasteiger partial charge in [-0.05, 0) is 32.1 Å². The number of aromatic nitrogens is 2. The number of rotatable bonds is 4. The number of hydrogen-bond donors (Lipinski definition) is 1. The van der Waals surface area contributed by atoms with E-state index in [0.717, 1.165) is 55.4 Å². The van der Waals surface area contributed by atoms with Crippen LogP contribution >= 0.6 is 0 Å². The Bertz CT molecular complexity index is 434. The van der Waals surface area contributed by atoms with Crippen LogP contribution in [0.2, 0.25) is 0 Å². The summed E-state index contributed by atoms with van der Waals surface area (Å²) in [5.41, 5.74) is 1.18. The topological polar surface area (TPSA) is 41.1 Å². The normalized spacial score (nSPS) is 22.9. The summed E-state index contributed by atoms with van der Waals surface area (Å²) in [6.45, 7) is 14.1. The van der Waals surface area contributed by atoms with Crippen LogP contribution in [0.4, 0.5) is 11.6 Å². The van der Waals surface area contributed by atoms with Gasteiger partial charge in [0, 0.05) is 25.2 Å². The second-order valence-corrected chi connectivity index (χ2v) is 5.85. The number of nitrogens with zero attached hydrogens (tertiary/aromatic N) is 3. The summed E-state index contributed by atoms with van der Waals surface area (Å²) in [5, 5.41) is 3.41. The van der Waals surface area contributed by atoms with Gasteiger partial charge in [-0.1, -0.05) is 20.8 Å². The molecule has 1 aromatic heterocycles. The molecule has 106 valence electrons. The lowest BCUT2D eigenvalue weighted by molar-refractivity contribution is 0.494. The van der Waals surface area contributed by atoms with Crippen molar-refractivity contribution in [2.45, 2.75) is 41.0 Å². The second-order valence-electron chi connectivity index (χ2n) is 5.85. The highest BCUT2D eigenvalue weighted by atomic mass is 15.2. The summed E-state index contributed by atoms with van der Waals surface area (Å²) in [6.07, 6.45) is 1.11. The van der Waals surface area contributed by atoms with Crippen molar-refractivity contribution in [1.82, 2.24) is 9.97 Å². The molecular formula is C15H26N4. The zero-order valence-corrected chi connectivity index (χ0v) is 12.8. The van der Waals surface area contributed by atoms with Crippen molar-refractivity contribution in [3.63, 3.8) is 0 Å². The molecule has 0 aromatic carbocycles. The van der Waals surface area contributed by atoms with Crippen LogP contribution < -0.4 is 10.2 Å². The van der Waals surface area contributed by atoms with E-state index >= 15 is 0 Å². The number of anilines is 2. The van der Waals surface area contributed by atoms with Crippen molar-refractivity contribution in [2.75, 3.05) is 29.9 Å². The highest BCUT2D eigenvalue weighted by Crippen LogP contribution is 2.30. The van der Waals surface area contributed by atoms with Crippen LogP contribution in [0.15, 0.2) is 0 Å². The molecule has 4 nitrogen and oxygen atoms in total. The first-order valence-corrected chi connectivity index (χ1v) is 7.37. The SMILES string of the molecule is CCCNc1nc(C)nc(N2CC(C)C(C)C2)c1C. The van der Waals surface area contributed by atoms with Crippen LogP contribution in [0.1, 0.15) is 38.6 Å². The summed E-state index contributed by atoms with van der Waals surface area (Å²) in [6, 6.07) is 0. The van der Waals surface area contributed by atoms with Gasteiger partial charge >= 0.3 is 0 Å². The van der Waals surface area contributed by atoms with Gasteiger partial charge in [-0.2, -0.15) is 0 Å². The van der Waals surface area contributed by atoms with E-state index in [-0.39, 0.29) is 0 Å². The summed E-state index contributed by atoms with van der Waals surface area (Å²) in [7, 11) is 0. The van der Waals surface area contributed by atoms with Gasteiger partial charge in [0.15, 0.2) is 0 Å². The zero-order valence-electron chi connectivity index (χ0n) is 12.8. The van der Waals surface area contributed by atoms with E-state index in [2.05, 4.69) is 47.9 Å². The first kappa shape index (κ1) is 14.1. The summed E-state index contributed by atoms with van der Waals surface area (Å²) < 4.78 is 0. The van der Waals surface area contributed by atoms with Crippen molar-refractivity contribution in [2.24, 2.45) is 11.8 Å². The third-order valence-electron chi connectivity index (χ3n) is 4.06. The van der Waals surface area contributed by atoms with Crippen LogP contribution in [-0.2, 0) is 0 Å². The van der Waals surface area contributed by atoms with E-state index in [4.69, 9.17) is 0 Å². The average Bonchev–Trinajstić information content (AvgIpc) is 2.70. The van der Waals surface area contributed by atoms with Crippen molar-refractivity contribution in [1.29, 1.82) is 0 Å². The average molecular weight is 262 g/mol. The van der Waals surface area contributed by atoms with Gasteiger partial charge in [0.1, 0.15) is 17.5 Å². The molecule has 0 saturated carbocycles. The quantitative estimate of drug-likeness (QED) is 0.905. The lowest BCUT2D eigenvalue weighted by Crippen LogP contribution is -2.23. The third-order valence-corrected chi connectivity index (χ3v) is 4.06. The molecule has 2 heterocycles. The van der Waals surface area contributed by atoms with Gasteiger partial charge < -0.3 is 10.2 Å². The fourth-order valence-electron chi connectivity index (χ4n) is 2.64. The molecule has 2 atom stereocenters. The molecule has 1 aliphatic rings. The zero-order chi connectivity index (χ0) is 14.0. The maximum atomic E-state index is 4.67. The Labute approximate surface area is 116 Å². The number of nitrogens with one attached hydrogen (secondary N) is 1. The van der Waals surface area contributed by atoms with Crippen LogP contribution in [0.5, 0.6) is 0 Å². The summed E-state index contributed by atoms with van der Waals surface area (Å²) in [4.78, 5) is 11.6. The van der Waals surface area contributed by atoms with E-state index in [0.29, 0.717) is 0 Å². The molecule has 0 radical (unpaired) electrons. The predicted octanol–water partition coefficient (Wildman–Crippen LogP) is 3.01. The Morgan fingerprint density at radius 2 is 1.79 bits per heavy atom. The smallest absolute Gasteiger partial charge is 0.137 e. The molecule has 2 unspecified atom stereocenters. The number of aryl methyl sites for hydroxylation is 1. The van der Waals surface area contributed by atoms with Crippen molar-refractivity contribution < 1.29 is 0 Å². The van der Waals surface area contributed by atoms with Crippen LogP contribution in [0.3, 0.4) is 0 Å². The fourth-order valence-corrected chi connectivity index (χ4v) is 2.64. The predicted molar refractivity (Wildman–Crippen MR) is 80.8 cm³/mol. The van der Waals surface area contributed by atoms with Crippen LogP contribution in [0.25, 0.3) is 0 Å². The second kappa shape index (κ2) is 5.76. The minimum Gasteiger partial charge on any atom is -0.370 e. The minimum atomic E-state index is 0.738. The Morgan fingerprint density at radius 1 is 1.16 bits per heavy atom. The van der Waals surface area contributed by atoms with E-state index in [1.54, 1.807) is 0 Å². The van der Waals surface area contributed by atoms with Gasteiger partial charge in [-0.15, -0.1) is 0 Å². The van der Waals surface area contributed by atoms with Gasteiger partial charge in [-0.3, -0.25) is 0 Å². The molecule has 0 bridgehead atoms. The Kier molecular flexibility index (Phi) is 4.27. The highest BCUT2D eigenvalue weighted by Gasteiger charge is 2.28. The monoisotopic (exact) mass is 262 g/mol. The molecule has 1 N–H and O–H groups in total. The van der Waals surface area contributed by atoms with Crippen LogP contribution in [0, 0.1) is 25.7 Å². The van der Waals surface area contributed by atoms with E-state index < -0.39 is 0 Å². The molecule has 0 amide bonds. The summed E-state index contributed by atoms with van der Waals surface area (Å²) in [5.74, 6) is 4.44. The Balaban J connectivity index is 2.27. The minimum absolute atomic E-state index is 0.738. The van der Waals surface area contributed by atoms with Gasteiger partial charge in [0.2, 0.25) is 0 Å². The highest BCUT2D eigenvalue weighted by molar-refractivity contribution is 5.59.